The Bertz CT molecular complexity index is 613. The summed E-state index contributed by atoms with van der Waals surface area (Å²) in [6, 6.07) is 18.6. The summed E-state index contributed by atoms with van der Waals surface area (Å²) in [6.07, 6.45) is 0. The van der Waals surface area contributed by atoms with E-state index in [1.54, 1.807) is 4.90 Å². The van der Waals surface area contributed by atoms with Crippen LogP contribution >= 0.6 is 0 Å². The van der Waals surface area contributed by atoms with Crippen LogP contribution in [0.3, 0.4) is 0 Å². The van der Waals surface area contributed by atoms with Gasteiger partial charge in [-0.2, -0.15) is 0 Å². The molecule has 0 saturated carbocycles. The second-order valence-corrected chi connectivity index (χ2v) is 5.58. The van der Waals surface area contributed by atoms with Gasteiger partial charge in [-0.25, -0.2) is 0 Å². The highest BCUT2D eigenvalue weighted by Gasteiger charge is 2.07. The van der Waals surface area contributed by atoms with Gasteiger partial charge in [0.05, 0.1) is 6.54 Å². The first-order valence-corrected chi connectivity index (χ1v) is 7.29. The zero-order valence-corrected chi connectivity index (χ0v) is 13.1. The molecule has 0 atom stereocenters. The van der Waals surface area contributed by atoms with Gasteiger partial charge in [-0.05, 0) is 30.3 Å². The topological polar surface area (TPSA) is 43.8 Å². The number of nitrogens with zero attached hydrogens (tertiary/aromatic N) is 2. The van der Waals surface area contributed by atoms with Crippen LogP contribution in [0.15, 0.2) is 54.6 Å². The fraction of sp³-hybridized carbons (Fsp3) is 0.278. The van der Waals surface area contributed by atoms with Crippen molar-refractivity contribution >= 4 is 11.7 Å². The molecule has 22 heavy (non-hydrogen) atoms. The molecule has 2 aromatic carbocycles. The molecule has 0 aliphatic carbocycles. The lowest BCUT2D eigenvalue weighted by atomic mass is 10.1. The minimum atomic E-state index is -0.806. The van der Waals surface area contributed by atoms with Crippen LogP contribution in [0, 0.1) is 0 Å². The third-order valence-corrected chi connectivity index (χ3v) is 3.47. The number of carboxylic acids is 1. The van der Waals surface area contributed by atoms with Gasteiger partial charge in [0.1, 0.15) is 0 Å². The van der Waals surface area contributed by atoms with Crippen LogP contribution in [-0.2, 0) is 17.9 Å². The van der Waals surface area contributed by atoms with Gasteiger partial charge in [-0.1, -0.05) is 42.5 Å². The zero-order chi connectivity index (χ0) is 15.9. The normalized spacial score (nSPS) is 10.7. The van der Waals surface area contributed by atoms with Gasteiger partial charge in [0.25, 0.3) is 0 Å². The highest BCUT2D eigenvalue weighted by atomic mass is 16.4. The first-order valence-electron chi connectivity index (χ1n) is 7.29. The third kappa shape index (κ3) is 4.90. The molecule has 1 N–H and O–H groups in total. The molecule has 0 amide bonds. The van der Waals surface area contributed by atoms with Crippen molar-refractivity contribution in [2.45, 2.75) is 13.1 Å². The van der Waals surface area contributed by atoms with E-state index >= 15 is 0 Å². The predicted molar refractivity (Wildman–Crippen MR) is 89.0 cm³/mol. The molecule has 0 fully saturated rings. The van der Waals surface area contributed by atoms with Gasteiger partial charge in [0.2, 0.25) is 0 Å². The molecule has 0 heterocycles. The van der Waals surface area contributed by atoms with E-state index in [9.17, 15) is 4.79 Å². The van der Waals surface area contributed by atoms with Gasteiger partial charge in [-0.15, -0.1) is 0 Å². The van der Waals surface area contributed by atoms with E-state index in [-0.39, 0.29) is 6.54 Å². The maximum absolute atomic E-state index is 10.7. The number of anilines is 1. The second kappa shape index (κ2) is 7.61. The number of benzene rings is 2. The average Bonchev–Trinajstić information content (AvgIpc) is 2.47. The van der Waals surface area contributed by atoms with E-state index < -0.39 is 5.97 Å². The number of carboxylic acid groups (broad SMARTS) is 1. The summed E-state index contributed by atoms with van der Waals surface area (Å²) in [4.78, 5) is 14.7. The molecule has 0 saturated heterocycles. The molecule has 2 aromatic rings. The molecule has 0 aliphatic rings. The minimum absolute atomic E-state index is 0.0457. The van der Waals surface area contributed by atoms with Crippen LogP contribution in [0.5, 0.6) is 0 Å². The van der Waals surface area contributed by atoms with Gasteiger partial charge >= 0.3 is 5.97 Å². The molecular formula is C18H22N2O2. The van der Waals surface area contributed by atoms with E-state index in [0.717, 1.165) is 17.8 Å². The van der Waals surface area contributed by atoms with Crippen LogP contribution in [0.2, 0.25) is 0 Å². The van der Waals surface area contributed by atoms with E-state index in [1.165, 1.54) is 5.56 Å². The largest absolute Gasteiger partial charge is 0.480 e. The van der Waals surface area contributed by atoms with Crippen LogP contribution < -0.4 is 4.90 Å². The monoisotopic (exact) mass is 298 g/mol. The van der Waals surface area contributed by atoms with E-state index in [4.69, 9.17) is 5.11 Å². The smallest absolute Gasteiger partial charge is 0.317 e. The molecule has 4 nitrogen and oxygen atoms in total. The minimum Gasteiger partial charge on any atom is -0.480 e. The summed E-state index contributed by atoms with van der Waals surface area (Å²) in [6.45, 7) is 1.51. The summed E-state index contributed by atoms with van der Waals surface area (Å²) >= 11 is 0. The van der Waals surface area contributed by atoms with E-state index in [2.05, 4.69) is 36.2 Å². The van der Waals surface area contributed by atoms with Crippen molar-refractivity contribution in [3.05, 3.63) is 65.7 Å². The average molecular weight is 298 g/mol. The molecule has 0 spiro atoms. The Morgan fingerprint density at radius 2 is 1.64 bits per heavy atom. The SMILES string of the molecule is CN(CC(=O)O)Cc1cccc(N(C)Cc2ccccc2)c1. The van der Waals surface area contributed by atoms with Crippen LogP contribution in [0.1, 0.15) is 11.1 Å². The molecular weight excluding hydrogens is 276 g/mol. The first-order chi connectivity index (χ1) is 10.5. The quantitative estimate of drug-likeness (QED) is 0.853. The lowest BCUT2D eigenvalue weighted by Crippen LogP contribution is -2.25. The molecule has 2 rings (SSSR count). The van der Waals surface area contributed by atoms with Crippen molar-refractivity contribution in [2.75, 3.05) is 25.5 Å². The summed E-state index contributed by atoms with van der Waals surface area (Å²) < 4.78 is 0. The Kier molecular flexibility index (Phi) is 5.55. The fourth-order valence-corrected chi connectivity index (χ4v) is 2.44. The van der Waals surface area contributed by atoms with Crippen molar-refractivity contribution < 1.29 is 9.90 Å². The van der Waals surface area contributed by atoms with E-state index in [0.29, 0.717) is 6.54 Å². The lowest BCUT2D eigenvalue weighted by Gasteiger charge is -2.21. The maximum atomic E-state index is 10.7. The van der Waals surface area contributed by atoms with Gasteiger partial charge in [-0.3, -0.25) is 9.69 Å². The Balaban J connectivity index is 2.02. The number of aliphatic carboxylic acids is 1. The highest BCUT2D eigenvalue weighted by Crippen LogP contribution is 2.18. The number of likely N-dealkylation sites (N-methyl/N-ethyl adjacent to an activating group) is 1. The maximum Gasteiger partial charge on any atom is 0.317 e. The van der Waals surface area contributed by atoms with Crippen molar-refractivity contribution in [2.24, 2.45) is 0 Å². The lowest BCUT2D eigenvalue weighted by molar-refractivity contribution is -0.138. The third-order valence-electron chi connectivity index (χ3n) is 3.47. The second-order valence-electron chi connectivity index (χ2n) is 5.58. The van der Waals surface area contributed by atoms with Crippen molar-refractivity contribution in [1.29, 1.82) is 0 Å². The van der Waals surface area contributed by atoms with Crippen LogP contribution in [0.25, 0.3) is 0 Å². The number of hydrogen-bond acceptors (Lipinski definition) is 3. The molecule has 0 radical (unpaired) electrons. The fourth-order valence-electron chi connectivity index (χ4n) is 2.44. The molecule has 0 aliphatic heterocycles. The van der Waals surface area contributed by atoms with Crippen LogP contribution in [0.4, 0.5) is 5.69 Å². The van der Waals surface area contributed by atoms with Crippen LogP contribution in [-0.4, -0.2) is 36.6 Å². The highest BCUT2D eigenvalue weighted by molar-refractivity contribution is 5.69. The zero-order valence-electron chi connectivity index (χ0n) is 13.1. The number of rotatable bonds is 7. The molecule has 0 unspecified atom stereocenters. The first kappa shape index (κ1) is 16.0. The summed E-state index contributed by atoms with van der Waals surface area (Å²) in [5, 5.41) is 8.82. The predicted octanol–water partition coefficient (Wildman–Crippen LogP) is 2.84. The standard InChI is InChI=1S/C18H22N2O2/c1-19(14-18(21)22)12-16-9-6-10-17(11-16)20(2)13-15-7-4-3-5-8-15/h3-11H,12-14H2,1-2H3,(H,21,22). The molecule has 116 valence electrons. The molecule has 0 aromatic heterocycles. The Morgan fingerprint density at radius 3 is 2.32 bits per heavy atom. The van der Waals surface area contributed by atoms with E-state index in [1.807, 2.05) is 37.4 Å². The Morgan fingerprint density at radius 1 is 0.955 bits per heavy atom. The summed E-state index contributed by atoms with van der Waals surface area (Å²) in [7, 11) is 3.88. The Hall–Kier alpha value is -2.33. The number of carbonyl (C=O) groups is 1. The summed E-state index contributed by atoms with van der Waals surface area (Å²) in [5.74, 6) is -0.806. The van der Waals surface area contributed by atoms with Gasteiger partial charge in [0, 0.05) is 25.8 Å². The van der Waals surface area contributed by atoms with Gasteiger partial charge < -0.3 is 10.0 Å². The molecule has 0 bridgehead atoms. The van der Waals surface area contributed by atoms with Gasteiger partial charge in [0.15, 0.2) is 0 Å². The summed E-state index contributed by atoms with van der Waals surface area (Å²) in [5.41, 5.74) is 3.50. The number of hydrogen-bond donors (Lipinski definition) is 1. The van der Waals surface area contributed by atoms with Crippen molar-refractivity contribution in [1.82, 2.24) is 4.90 Å². The Labute approximate surface area is 131 Å². The van der Waals surface area contributed by atoms with Crippen molar-refractivity contribution in [3.63, 3.8) is 0 Å². The van der Waals surface area contributed by atoms with Crippen molar-refractivity contribution in [3.8, 4) is 0 Å². The molecule has 4 heteroatoms.